The molecule has 3 rings (SSSR count). The first-order valence-corrected chi connectivity index (χ1v) is 10.9. The molecular formula is C25H25BrN2O4. The van der Waals surface area contributed by atoms with Crippen LogP contribution in [0.25, 0.3) is 0 Å². The molecule has 166 valence electrons. The Kier molecular flexibility index (Phi) is 8.27. The molecule has 0 aliphatic rings. The Bertz CT molecular complexity index is 1100. The second-order valence-electron chi connectivity index (χ2n) is 6.96. The first-order chi connectivity index (χ1) is 15.5. The number of benzene rings is 3. The van der Waals surface area contributed by atoms with Crippen LogP contribution in [0.5, 0.6) is 17.2 Å². The lowest BCUT2D eigenvalue weighted by Crippen LogP contribution is -2.18. The third-order valence-electron chi connectivity index (χ3n) is 4.57. The molecule has 0 saturated carbocycles. The first kappa shape index (κ1) is 23.3. The quantitative estimate of drug-likeness (QED) is 0.313. The summed E-state index contributed by atoms with van der Waals surface area (Å²) in [4.78, 5) is 12.5. The number of carbonyl (C=O) groups is 1. The Hall–Kier alpha value is -3.32. The number of hydrogen-bond acceptors (Lipinski definition) is 5. The van der Waals surface area contributed by atoms with Crippen molar-refractivity contribution >= 4 is 28.1 Å². The van der Waals surface area contributed by atoms with E-state index in [-0.39, 0.29) is 5.91 Å². The van der Waals surface area contributed by atoms with Crippen molar-refractivity contribution in [2.75, 3.05) is 13.7 Å². The zero-order valence-electron chi connectivity index (χ0n) is 18.2. The van der Waals surface area contributed by atoms with Crippen molar-refractivity contribution < 1.29 is 19.0 Å². The molecule has 1 N–H and O–H groups in total. The van der Waals surface area contributed by atoms with Crippen molar-refractivity contribution in [1.82, 2.24) is 5.43 Å². The van der Waals surface area contributed by atoms with E-state index >= 15 is 0 Å². The SMILES string of the molecule is CCOc1cc(/C=N\NC(=O)c2cc(Br)ccc2OC)ccc1OCc1ccc(C)cc1. The predicted octanol–water partition coefficient (Wildman–Crippen LogP) is 5.51. The van der Waals surface area contributed by atoms with E-state index in [1.54, 1.807) is 24.4 Å². The third-order valence-corrected chi connectivity index (χ3v) is 5.06. The Balaban J connectivity index is 1.68. The molecule has 0 aromatic heterocycles. The molecule has 0 heterocycles. The van der Waals surface area contributed by atoms with Crippen LogP contribution >= 0.6 is 15.9 Å². The van der Waals surface area contributed by atoms with Crippen LogP contribution in [0.4, 0.5) is 0 Å². The Labute approximate surface area is 196 Å². The zero-order valence-corrected chi connectivity index (χ0v) is 19.8. The summed E-state index contributed by atoms with van der Waals surface area (Å²) >= 11 is 3.36. The highest BCUT2D eigenvalue weighted by molar-refractivity contribution is 9.10. The lowest BCUT2D eigenvalue weighted by Gasteiger charge is -2.13. The number of halogens is 1. The summed E-state index contributed by atoms with van der Waals surface area (Å²) in [5.41, 5.74) is 5.95. The molecule has 0 fully saturated rings. The summed E-state index contributed by atoms with van der Waals surface area (Å²) in [7, 11) is 1.51. The average molecular weight is 497 g/mol. The maximum atomic E-state index is 12.5. The van der Waals surface area contributed by atoms with Crippen LogP contribution in [0, 0.1) is 6.92 Å². The summed E-state index contributed by atoms with van der Waals surface area (Å²) < 4.78 is 17.7. The first-order valence-electron chi connectivity index (χ1n) is 10.1. The van der Waals surface area contributed by atoms with E-state index in [1.807, 2.05) is 37.3 Å². The largest absolute Gasteiger partial charge is 0.496 e. The zero-order chi connectivity index (χ0) is 22.9. The number of aryl methyl sites for hydroxylation is 1. The Morgan fingerprint density at radius 1 is 1.00 bits per heavy atom. The molecule has 32 heavy (non-hydrogen) atoms. The normalized spacial score (nSPS) is 10.8. The van der Waals surface area contributed by atoms with Crippen LogP contribution in [-0.2, 0) is 6.61 Å². The predicted molar refractivity (Wildman–Crippen MR) is 129 cm³/mol. The molecule has 0 bridgehead atoms. The summed E-state index contributed by atoms with van der Waals surface area (Å²) in [5, 5.41) is 4.06. The number of hydrazone groups is 1. The third kappa shape index (κ3) is 6.34. The molecule has 0 spiro atoms. The fraction of sp³-hybridized carbons (Fsp3) is 0.200. The smallest absolute Gasteiger partial charge is 0.275 e. The van der Waals surface area contributed by atoms with Crippen LogP contribution in [0.3, 0.4) is 0 Å². The minimum absolute atomic E-state index is 0.373. The van der Waals surface area contributed by atoms with Gasteiger partial charge in [0.1, 0.15) is 12.4 Å². The Morgan fingerprint density at radius 2 is 1.75 bits per heavy atom. The molecule has 3 aromatic carbocycles. The fourth-order valence-electron chi connectivity index (χ4n) is 2.92. The van der Waals surface area contributed by atoms with Crippen molar-refractivity contribution in [3.63, 3.8) is 0 Å². The van der Waals surface area contributed by atoms with Crippen molar-refractivity contribution in [2.24, 2.45) is 5.10 Å². The van der Waals surface area contributed by atoms with E-state index in [0.717, 1.165) is 15.6 Å². The van der Waals surface area contributed by atoms with Crippen molar-refractivity contribution in [3.8, 4) is 17.2 Å². The van der Waals surface area contributed by atoms with Gasteiger partial charge in [0.15, 0.2) is 11.5 Å². The van der Waals surface area contributed by atoms with E-state index in [4.69, 9.17) is 14.2 Å². The molecule has 7 heteroatoms. The highest BCUT2D eigenvalue weighted by Crippen LogP contribution is 2.29. The monoisotopic (exact) mass is 496 g/mol. The lowest BCUT2D eigenvalue weighted by molar-refractivity contribution is 0.0952. The number of amides is 1. The van der Waals surface area contributed by atoms with Crippen LogP contribution in [0.2, 0.25) is 0 Å². The molecule has 0 atom stereocenters. The molecule has 1 amide bonds. The molecule has 3 aromatic rings. The van der Waals surface area contributed by atoms with Gasteiger partial charge in [-0.1, -0.05) is 45.8 Å². The minimum atomic E-state index is -0.373. The molecule has 0 aliphatic carbocycles. The molecule has 0 radical (unpaired) electrons. The molecule has 0 aliphatic heterocycles. The number of carbonyl (C=O) groups excluding carboxylic acids is 1. The molecule has 0 saturated heterocycles. The van der Waals surface area contributed by atoms with Gasteiger partial charge in [-0.05, 0) is 61.4 Å². The van der Waals surface area contributed by atoms with Gasteiger partial charge in [0.25, 0.3) is 5.91 Å². The standard InChI is InChI=1S/C25H25BrN2O4/c1-4-31-24-13-19(9-11-23(24)32-16-18-7-5-17(2)6-8-18)15-27-28-25(29)21-14-20(26)10-12-22(21)30-3/h5-15H,4,16H2,1-3H3,(H,28,29)/b27-15-. The van der Waals surface area contributed by atoms with Crippen molar-refractivity contribution in [2.45, 2.75) is 20.5 Å². The van der Waals surface area contributed by atoms with Gasteiger partial charge in [0.2, 0.25) is 0 Å². The number of ether oxygens (including phenoxy) is 3. The van der Waals surface area contributed by atoms with E-state index in [0.29, 0.717) is 36.0 Å². The van der Waals surface area contributed by atoms with Crippen LogP contribution in [0.1, 0.15) is 34.0 Å². The number of rotatable bonds is 9. The summed E-state index contributed by atoms with van der Waals surface area (Å²) in [6.45, 7) is 4.91. The molecule has 6 nitrogen and oxygen atoms in total. The van der Waals surface area contributed by atoms with Gasteiger partial charge in [-0.25, -0.2) is 5.43 Å². The van der Waals surface area contributed by atoms with Crippen LogP contribution in [0.15, 0.2) is 70.2 Å². The molecule has 0 unspecified atom stereocenters. The van der Waals surface area contributed by atoms with Gasteiger partial charge in [-0.15, -0.1) is 0 Å². The highest BCUT2D eigenvalue weighted by atomic mass is 79.9. The highest BCUT2D eigenvalue weighted by Gasteiger charge is 2.12. The van der Waals surface area contributed by atoms with Crippen LogP contribution in [-0.4, -0.2) is 25.8 Å². The number of hydrogen-bond donors (Lipinski definition) is 1. The van der Waals surface area contributed by atoms with Crippen molar-refractivity contribution in [3.05, 3.63) is 87.4 Å². The number of nitrogens with one attached hydrogen (secondary N) is 1. The van der Waals surface area contributed by atoms with Gasteiger partial charge >= 0.3 is 0 Å². The van der Waals surface area contributed by atoms with Gasteiger partial charge < -0.3 is 14.2 Å². The van der Waals surface area contributed by atoms with E-state index in [9.17, 15) is 4.79 Å². The fourth-order valence-corrected chi connectivity index (χ4v) is 3.28. The van der Waals surface area contributed by atoms with Crippen molar-refractivity contribution in [1.29, 1.82) is 0 Å². The number of methoxy groups -OCH3 is 1. The maximum absolute atomic E-state index is 12.5. The minimum Gasteiger partial charge on any atom is -0.496 e. The number of nitrogens with zero attached hydrogens (tertiary/aromatic N) is 1. The second-order valence-corrected chi connectivity index (χ2v) is 7.87. The Morgan fingerprint density at radius 3 is 2.47 bits per heavy atom. The van der Waals surface area contributed by atoms with E-state index in [1.165, 1.54) is 12.7 Å². The maximum Gasteiger partial charge on any atom is 0.275 e. The summed E-state index contributed by atoms with van der Waals surface area (Å²) in [5.74, 6) is 1.35. The average Bonchev–Trinajstić information content (AvgIpc) is 2.79. The molecular weight excluding hydrogens is 472 g/mol. The summed E-state index contributed by atoms with van der Waals surface area (Å²) in [6, 6.07) is 18.9. The topological polar surface area (TPSA) is 69.2 Å². The lowest BCUT2D eigenvalue weighted by atomic mass is 10.2. The van der Waals surface area contributed by atoms with E-state index < -0.39 is 0 Å². The van der Waals surface area contributed by atoms with E-state index in [2.05, 4.69) is 45.5 Å². The van der Waals surface area contributed by atoms with Gasteiger partial charge in [-0.3, -0.25) is 4.79 Å². The van der Waals surface area contributed by atoms with Crippen LogP contribution < -0.4 is 19.6 Å². The second kappa shape index (κ2) is 11.3. The summed E-state index contributed by atoms with van der Waals surface area (Å²) in [6.07, 6.45) is 1.55. The van der Waals surface area contributed by atoms with Gasteiger partial charge in [0, 0.05) is 4.47 Å². The van der Waals surface area contributed by atoms with Gasteiger partial charge in [0.05, 0.1) is 25.5 Å². The van der Waals surface area contributed by atoms with Gasteiger partial charge in [-0.2, -0.15) is 5.10 Å².